The van der Waals surface area contributed by atoms with Crippen LogP contribution in [0.25, 0.3) is 11.6 Å². The Kier molecular flexibility index (Phi) is 4.81. The minimum atomic E-state index is -0.0584. The molecule has 7 nitrogen and oxygen atoms in total. The smallest absolute Gasteiger partial charge is 0.276 e. The van der Waals surface area contributed by atoms with Crippen LogP contribution in [-0.2, 0) is 0 Å². The average Bonchev–Trinajstić information content (AvgIpc) is 3.38. The Morgan fingerprint density at radius 2 is 2.22 bits per heavy atom. The molecular formula is C19H18N4O3S. The van der Waals surface area contributed by atoms with Gasteiger partial charge in [0, 0.05) is 30.6 Å². The maximum atomic E-state index is 12.8. The van der Waals surface area contributed by atoms with E-state index in [1.807, 2.05) is 18.2 Å². The van der Waals surface area contributed by atoms with Crippen LogP contribution in [0.3, 0.4) is 0 Å². The maximum Gasteiger partial charge on any atom is 0.276 e. The molecule has 0 radical (unpaired) electrons. The summed E-state index contributed by atoms with van der Waals surface area (Å²) in [5, 5.41) is 5.85. The van der Waals surface area contributed by atoms with Crippen LogP contribution >= 0.6 is 11.3 Å². The summed E-state index contributed by atoms with van der Waals surface area (Å²) in [6, 6.07) is 7.18. The standard InChI is InChI=1S/C19H18N4O3S/c1-12(24)16-9-14(11-27-16)19(25)23-8-4-5-13(10-23)17-21-18(26-22-17)15-6-2-3-7-20-15/h2-3,6-7,9,11,13H,4-5,8,10H2,1H3/t13-/m0/s1. The fourth-order valence-corrected chi connectivity index (χ4v) is 3.97. The van der Waals surface area contributed by atoms with Gasteiger partial charge in [-0.2, -0.15) is 4.98 Å². The monoisotopic (exact) mass is 382 g/mol. The lowest BCUT2D eigenvalue weighted by atomic mass is 9.97. The lowest BCUT2D eigenvalue weighted by Crippen LogP contribution is -2.39. The Morgan fingerprint density at radius 3 is 2.96 bits per heavy atom. The van der Waals surface area contributed by atoms with E-state index >= 15 is 0 Å². The van der Waals surface area contributed by atoms with E-state index in [0.29, 0.717) is 40.9 Å². The van der Waals surface area contributed by atoms with E-state index in [2.05, 4.69) is 15.1 Å². The van der Waals surface area contributed by atoms with Crippen molar-refractivity contribution in [3.8, 4) is 11.6 Å². The minimum absolute atomic E-state index is 0.0230. The van der Waals surface area contributed by atoms with Crippen LogP contribution in [-0.4, -0.2) is 44.8 Å². The third-order valence-electron chi connectivity index (χ3n) is 4.59. The Labute approximate surface area is 160 Å². The van der Waals surface area contributed by atoms with Crippen molar-refractivity contribution in [3.05, 3.63) is 52.1 Å². The van der Waals surface area contributed by atoms with Crippen molar-refractivity contribution in [1.82, 2.24) is 20.0 Å². The normalized spacial score (nSPS) is 17.1. The molecule has 8 heteroatoms. The van der Waals surface area contributed by atoms with Gasteiger partial charge in [-0.15, -0.1) is 11.3 Å². The second-order valence-electron chi connectivity index (χ2n) is 6.52. The number of nitrogens with zero attached hydrogens (tertiary/aromatic N) is 4. The second kappa shape index (κ2) is 7.40. The summed E-state index contributed by atoms with van der Waals surface area (Å²) in [5.74, 6) is 0.928. The third kappa shape index (κ3) is 3.66. The van der Waals surface area contributed by atoms with Gasteiger partial charge < -0.3 is 9.42 Å². The Bertz CT molecular complexity index is 966. The van der Waals surface area contributed by atoms with E-state index in [1.165, 1.54) is 18.3 Å². The van der Waals surface area contributed by atoms with Crippen molar-refractivity contribution >= 4 is 23.0 Å². The van der Waals surface area contributed by atoms with Crippen molar-refractivity contribution in [2.24, 2.45) is 0 Å². The van der Waals surface area contributed by atoms with Crippen LogP contribution in [0.4, 0.5) is 0 Å². The Hall–Kier alpha value is -2.87. The van der Waals surface area contributed by atoms with Gasteiger partial charge in [0.1, 0.15) is 5.69 Å². The largest absolute Gasteiger partial charge is 0.338 e. The van der Waals surface area contributed by atoms with E-state index in [4.69, 9.17) is 4.52 Å². The SMILES string of the molecule is CC(=O)c1cc(C(=O)N2CCC[C@H](c3noc(-c4ccccn4)n3)C2)cs1. The molecule has 1 amide bonds. The van der Waals surface area contributed by atoms with E-state index in [9.17, 15) is 9.59 Å². The molecule has 0 bridgehead atoms. The highest BCUT2D eigenvalue weighted by molar-refractivity contribution is 7.12. The summed E-state index contributed by atoms with van der Waals surface area (Å²) in [5.41, 5.74) is 1.20. The first kappa shape index (κ1) is 17.5. The van der Waals surface area contributed by atoms with Gasteiger partial charge in [0.15, 0.2) is 11.6 Å². The molecule has 1 aliphatic heterocycles. The molecule has 138 valence electrons. The lowest BCUT2D eigenvalue weighted by molar-refractivity contribution is 0.0704. The quantitative estimate of drug-likeness (QED) is 0.643. The van der Waals surface area contributed by atoms with E-state index in [0.717, 1.165) is 12.8 Å². The predicted molar refractivity (Wildman–Crippen MR) is 99.7 cm³/mol. The number of Topliss-reactive ketones (excluding diaryl/α,β-unsaturated/α-hetero) is 1. The van der Waals surface area contributed by atoms with Gasteiger partial charge in [-0.3, -0.25) is 14.6 Å². The molecular weight excluding hydrogens is 364 g/mol. The first-order valence-electron chi connectivity index (χ1n) is 8.75. The topological polar surface area (TPSA) is 89.2 Å². The molecule has 0 unspecified atom stereocenters. The first-order chi connectivity index (χ1) is 13.1. The number of likely N-dealkylation sites (tertiary alicyclic amines) is 1. The van der Waals surface area contributed by atoms with Crippen LogP contribution < -0.4 is 0 Å². The third-order valence-corrected chi connectivity index (χ3v) is 5.62. The summed E-state index contributed by atoms with van der Waals surface area (Å²) < 4.78 is 5.35. The number of ketones is 1. The summed E-state index contributed by atoms with van der Waals surface area (Å²) in [6.45, 7) is 2.73. The van der Waals surface area contributed by atoms with Crippen molar-refractivity contribution in [2.75, 3.05) is 13.1 Å². The van der Waals surface area contributed by atoms with Crippen molar-refractivity contribution < 1.29 is 14.1 Å². The first-order valence-corrected chi connectivity index (χ1v) is 9.63. The van der Waals surface area contributed by atoms with E-state index < -0.39 is 0 Å². The zero-order chi connectivity index (χ0) is 18.8. The molecule has 1 aliphatic rings. The number of carbonyl (C=O) groups is 2. The van der Waals surface area contributed by atoms with Gasteiger partial charge in [0.05, 0.1) is 10.4 Å². The Morgan fingerprint density at radius 1 is 1.33 bits per heavy atom. The molecule has 1 atom stereocenters. The van der Waals surface area contributed by atoms with Gasteiger partial charge in [0.25, 0.3) is 11.8 Å². The highest BCUT2D eigenvalue weighted by atomic mass is 32.1. The number of piperidine rings is 1. The second-order valence-corrected chi connectivity index (χ2v) is 7.43. The zero-order valence-electron chi connectivity index (χ0n) is 14.8. The zero-order valence-corrected chi connectivity index (χ0v) is 15.6. The molecule has 3 aromatic rings. The molecule has 4 rings (SSSR count). The molecule has 0 saturated carbocycles. The van der Waals surface area contributed by atoms with E-state index in [1.54, 1.807) is 22.5 Å². The van der Waals surface area contributed by atoms with Gasteiger partial charge >= 0.3 is 0 Å². The van der Waals surface area contributed by atoms with Gasteiger partial charge in [-0.25, -0.2) is 0 Å². The molecule has 0 aromatic carbocycles. The molecule has 1 saturated heterocycles. The molecule has 0 spiro atoms. The van der Waals surface area contributed by atoms with Crippen molar-refractivity contribution in [3.63, 3.8) is 0 Å². The van der Waals surface area contributed by atoms with Crippen LogP contribution in [0.15, 0.2) is 40.4 Å². The fourth-order valence-electron chi connectivity index (χ4n) is 3.18. The number of thiophene rings is 1. The van der Waals surface area contributed by atoms with Crippen LogP contribution in [0.2, 0.25) is 0 Å². The summed E-state index contributed by atoms with van der Waals surface area (Å²) >= 11 is 1.30. The Balaban J connectivity index is 1.49. The molecule has 3 aromatic heterocycles. The van der Waals surface area contributed by atoms with Crippen molar-refractivity contribution in [2.45, 2.75) is 25.7 Å². The number of amides is 1. The minimum Gasteiger partial charge on any atom is -0.338 e. The summed E-state index contributed by atoms with van der Waals surface area (Å²) in [7, 11) is 0. The number of aromatic nitrogens is 3. The molecule has 0 aliphatic carbocycles. The number of pyridine rings is 1. The number of carbonyl (C=O) groups excluding carboxylic acids is 2. The summed E-state index contributed by atoms with van der Waals surface area (Å²) in [4.78, 5) is 35.4. The highest BCUT2D eigenvalue weighted by Crippen LogP contribution is 2.28. The fraction of sp³-hybridized carbons (Fsp3) is 0.316. The molecule has 27 heavy (non-hydrogen) atoms. The summed E-state index contributed by atoms with van der Waals surface area (Å²) in [6.07, 6.45) is 3.44. The van der Waals surface area contributed by atoms with E-state index in [-0.39, 0.29) is 17.6 Å². The molecule has 4 heterocycles. The lowest BCUT2D eigenvalue weighted by Gasteiger charge is -2.31. The van der Waals surface area contributed by atoms with Crippen LogP contribution in [0.5, 0.6) is 0 Å². The average molecular weight is 382 g/mol. The molecule has 1 fully saturated rings. The van der Waals surface area contributed by atoms with Gasteiger partial charge in [0.2, 0.25) is 0 Å². The van der Waals surface area contributed by atoms with Gasteiger partial charge in [-0.05, 0) is 38.0 Å². The van der Waals surface area contributed by atoms with Crippen LogP contribution in [0.1, 0.15) is 51.5 Å². The van der Waals surface area contributed by atoms with Crippen molar-refractivity contribution in [1.29, 1.82) is 0 Å². The maximum absolute atomic E-state index is 12.8. The van der Waals surface area contributed by atoms with Gasteiger partial charge in [-0.1, -0.05) is 11.2 Å². The molecule has 0 N–H and O–H groups in total. The van der Waals surface area contributed by atoms with Crippen LogP contribution in [0, 0.1) is 0 Å². The predicted octanol–water partition coefficient (Wildman–Crippen LogP) is 3.42. The number of hydrogen-bond acceptors (Lipinski definition) is 7. The highest BCUT2D eigenvalue weighted by Gasteiger charge is 2.29. The number of hydrogen-bond donors (Lipinski definition) is 0. The number of rotatable bonds is 4.